The van der Waals surface area contributed by atoms with Gasteiger partial charge in [0, 0.05) is 31.4 Å². The van der Waals surface area contributed by atoms with Gasteiger partial charge in [-0.05, 0) is 38.7 Å². The number of nitrogens with zero attached hydrogens (tertiary/aromatic N) is 4. The van der Waals surface area contributed by atoms with Gasteiger partial charge in [0.1, 0.15) is 5.82 Å². The molecule has 0 saturated heterocycles. The fourth-order valence-corrected chi connectivity index (χ4v) is 3.41. The highest BCUT2D eigenvalue weighted by atomic mass is 16.1. The monoisotopic (exact) mass is 313 g/mol. The molecule has 6 heteroatoms. The zero-order valence-electron chi connectivity index (χ0n) is 13.7. The minimum atomic E-state index is 0.0338. The largest absolute Gasteiger partial charge is 0.350 e. The lowest BCUT2D eigenvalue weighted by molar-refractivity contribution is -0.126. The third-order valence-electron chi connectivity index (χ3n) is 5.10. The van der Waals surface area contributed by atoms with E-state index in [0.29, 0.717) is 12.5 Å². The first kappa shape index (κ1) is 14.5. The third-order valence-corrected chi connectivity index (χ3v) is 5.10. The number of rotatable bonds is 4. The van der Waals surface area contributed by atoms with Crippen LogP contribution in [0.4, 0.5) is 0 Å². The molecule has 1 aliphatic heterocycles. The van der Waals surface area contributed by atoms with Crippen LogP contribution in [0, 0.1) is 12.8 Å². The lowest BCUT2D eigenvalue weighted by Crippen LogP contribution is -2.36. The molecule has 0 aromatic carbocycles. The summed E-state index contributed by atoms with van der Waals surface area (Å²) in [5.74, 6) is 1.81. The molecular formula is C17H23N5O. The highest BCUT2D eigenvalue weighted by Gasteiger charge is 2.28. The van der Waals surface area contributed by atoms with Gasteiger partial charge in [0.25, 0.3) is 0 Å². The Morgan fingerprint density at radius 2 is 2.22 bits per heavy atom. The Morgan fingerprint density at radius 1 is 1.39 bits per heavy atom. The molecule has 1 N–H and O–H groups in total. The molecule has 1 unspecified atom stereocenters. The summed E-state index contributed by atoms with van der Waals surface area (Å²) in [6, 6.07) is 2.14. The van der Waals surface area contributed by atoms with Gasteiger partial charge < -0.3 is 9.88 Å². The molecule has 0 radical (unpaired) electrons. The maximum absolute atomic E-state index is 12.5. The van der Waals surface area contributed by atoms with E-state index in [1.165, 1.54) is 24.2 Å². The SMILES string of the molecule is Cc1ncc2n1CC(C(=O)NCc1cc(C3CC3)nn1C)CC2. The third kappa shape index (κ3) is 2.78. The van der Waals surface area contributed by atoms with Gasteiger partial charge in [0.05, 0.1) is 23.9 Å². The molecule has 1 atom stereocenters. The molecule has 6 nitrogen and oxygen atoms in total. The zero-order valence-corrected chi connectivity index (χ0v) is 13.7. The molecule has 3 heterocycles. The number of hydrogen-bond donors (Lipinski definition) is 1. The van der Waals surface area contributed by atoms with Crippen molar-refractivity contribution in [2.24, 2.45) is 13.0 Å². The van der Waals surface area contributed by atoms with Gasteiger partial charge >= 0.3 is 0 Å². The van der Waals surface area contributed by atoms with E-state index in [1.807, 2.05) is 24.9 Å². The quantitative estimate of drug-likeness (QED) is 0.934. The summed E-state index contributed by atoms with van der Waals surface area (Å²) in [4.78, 5) is 16.8. The van der Waals surface area contributed by atoms with Crippen molar-refractivity contribution in [2.45, 2.75) is 51.6 Å². The van der Waals surface area contributed by atoms with Crippen molar-refractivity contribution in [1.29, 1.82) is 0 Å². The Labute approximate surface area is 135 Å². The molecule has 2 aromatic heterocycles. The van der Waals surface area contributed by atoms with E-state index in [2.05, 4.69) is 26.0 Å². The number of amides is 1. The van der Waals surface area contributed by atoms with Crippen LogP contribution in [0.2, 0.25) is 0 Å². The van der Waals surface area contributed by atoms with Crippen molar-refractivity contribution in [3.63, 3.8) is 0 Å². The van der Waals surface area contributed by atoms with Crippen LogP contribution in [-0.2, 0) is 31.4 Å². The second kappa shape index (κ2) is 5.51. The van der Waals surface area contributed by atoms with Crippen LogP contribution in [0.5, 0.6) is 0 Å². The van der Waals surface area contributed by atoms with Crippen LogP contribution < -0.4 is 5.32 Å². The van der Waals surface area contributed by atoms with Crippen molar-refractivity contribution < 1.29 is 4.79 Å². The summed E-state index contributed by atoms with van der Waals surface area (Å²) in [6.45, 7) is 3.30. The molecule has 1 saturated carbocycles. The maximum atomic E-state index is 12.5. The molecule has 2 aromatic rings. The van der Waals surface area contributed by atoms with Crippen molar-refractivity contribution in [3.8, 4) is 0 Å². The average molecular weight is 313 g/mol. The molecule has 122 valence electrons. The van der Waals surface area contributed by atoms with Crippen molar-refractivity contribution >= 4 is 5.91 Å². The summed E-state index contributed by atoms with van der Waals surface area (Å²) in [6.07, 6.45) is 6.25. The Balaban J connectivity index is 1.38. The Morgan fingerprint density at radius 3 is 3.00 bits per heavy atom. The number of imidazole rings is 1. The van der Waals surface area contributed by atoms with Crippen LogP contribution in [0.3, 0.4) is 0 Å². The van der Waals surface area contributed by atoms with Gasteiger partial charge in [0.2, 0.25) is 5.91 Å². The zero-order chi connectivity index (χ0) is 16.0. The van der Waals surface area contributed by atoms with E-state index in [-0.39, 0.29) is 11.8 Å². The summed E-state index contributed by atoms with van der Waals surface area (Å²) >= 11 is 0. The molecule has 1 fully saturated rings. The minimum absolute atomic E-state index is 0.0338. The van der Waals surface area contributed by atoms with Crippen LogP contribution in [0.15, 0.2) is 12.3 Å². The fourth-order valence-electron chi connectivity index (χ4n) is 3.41. The number of carbonyl (C=O) groups excluding carboxylic acids is 1. The van der Waals surface area contributed by atoms with Gasteiger partial charge in [-0.25, -0.2) is 4.98 Å². The summed E-state index contributed by atoms with van der Waals surface area (Å²) in [5.41, 5.74) is 3.50. The van der Waals surface area contributed by atoms with E-state index >= 15 is 0 Å². The first-order valence-electron chi connectivity index (χ1n) is 8.43. The molecule has 4 rings (SSSR count). The molecular weight excluding hydrogens is 290 g/mol. The predicted molar refractivity (Wildman–Crippen MR) is 85.8 cm³/mol. The number of aromatic nitrogens is 4. The molecule has 0 spiro atoms. The second-order valence-electron chi connectivity index (χ2n) is 6.82. The smallest absolute Gasteiger partial charge is 0.225 e. The van der Waals surface area contributed by atoms with Crippen LogP contribution in [0.25, 0.3) is 0 Å². The van der Waals surface area contributed by atoms with Gasteiger partial charge in [-0.15, -0.1) is 0 Å². The highest BCUT2D eigenvalue weighted by Crippen LogP contribution is 2.39. The van der Waals surface area contributed by atoms with Crippen molar-refractivity contribution in [2.75, 3.05) is 0 Å². The van der Waals surface area contributed by atoms with Gasteiger partial charge in [-0.3, -0.25) is 9.48 Å². The molecule has 23 heavy (non-hydrogen) atoms. The number of aryl methyl sites for hydroxylation is 3. The summed E-state index contributed by atoms with van der Waals surface area (Å²) in [5, 5.41) is 7.64. The van der Waals surface area contributed by atoms with Gasteiger partial charge in [-0.2, -0.15) is 5.10 Å². The Bertz CT molecular complexity index is 740. The van der Waals surface area contributed by atoms with E-state index in [1.54, 1.807) is 0 Å². The lowest BCUT2D eigenvalue weighted by atomic mass is 9.97. The van der Waals surface area contributed by atoms with Gasteiger partial charge in [-0.1, -0.05) is 0 Å². The predicted octanol–water partition coefficient (Wildman–Crippen LogP) is 1.68. The van der Waals surface area contributed by atoms with E-state index in [4.69, 9.17) is 0 Å². The van der Waals surface area contributed by atoms with Crippen LogP contribution >= 0.6 is 0 Å². The number of hydrogen-bond acceptors (Lipinski definition) is 3. The first-order chi connectivity index (χ1) is 11.1. The summed E-state index contributed by atoms with van der Waals surface area (Å²) in [7, 11) is 1.95. The number of fused-ring (bicyclic) bond motifs is 1. The fraction of sp³-hybridized carbons (Fsp3) is 0.588. The van der Waals surface area contributed by atoms with E-state index in [0.717, 1.165) is 30.9 Å². The van der Waals surface area contributed by atoms with E-state index < -0.39 is 0 Å². The second-order valence-corrected chi connectivity index (χ2v) is 6.82. The molecule has 1 aliphatic carbocycles. The molecule has 2 aliphatic rings. The lowest BCUT2D eigenvalue weighted by Gasteiger charge is -2.24. The van der Waals surface area contributed by atoms with Crippen LogP contribution in [0.1, 0.15) is 48.1 Å². The minimum Gasteiger partial charge on any atom is -0.350 e. The van der Waals surface area contributed by atoms with Crippen LogP contribution in [-0.4, -0.2) is 25.2 Å². The van der Waals surface area contributed by atoms with Crippen molar-refractivity contribution in [1.82, 2.24) is 24.6 Å². The average Bonchev–Trinajstić information content (AvgIpc) is 3.25. The normalized spacial score (nSPS) is 20.3. The summed E-state index contributed by atoms with van der Waals surface area (Å²) < 4.78 is 4.07. The standard InChI is InChI=1S/C17H23N5O/c1-11-18-8-14-6-5-13(10-22(11)14)17(23)19-9-15-7-16(12-3-4-12)20-21(15)2/h7-8,12-13H,3-6,9-10H2,1-2H3,(H,19,23). The molecule has 0 bridgehead atoms. The first-order valence-corrected chi connectivity index (χ1v) is 8.43. The topological polar surface area (TPSA) is 64.7 Å². The number of nitrogens with one attached hydrogen (secondary N) is 1. The maximum Gasteiger partial charge on any atom is 0.225 e. The highest BCUT2D eigenvalue weighted by molar-refractivity contribution is 5.78. The molecule has 1 amide bonds. The van der Waals surface area contributed by atoms with Crippen molar-refractivity contribution in [3.05, 3.63) is 35.2 Å². The van der Waals surface area contributed by atoms with E-state index in [9.17, 15) is 4.79 Å². The Hall–Kier alpha value is -2.11. The number of carbonyl (C=O) groups is 1. The Kier molecular flexibility index (Phi) is 3.47. The van der Waals surface area contributed by atoms with Gasteiger partial charge in [0.15, 0.2) is 0 Å².